The zero-order valence-electron chi connectivity index (χ0n) is 14.1. The molecule has 1 N–H and O–H groups in total. The molecule has 0 aromatic heterocycles. The topological polar surface area (TPSA) is 12.0 Å². The van der Waals surface area contributed by atoms with E-state index in [1.54, 1.807) is 0 Å². The summed E-state index contributed by atoms with van der Waals surface area (Å²) in [6.07, 6.45) is 6.37. The molecule has 0 aliphatic carbocycles. The van der Waals surface area contributed by atoms with E-state index in [1.807, 2.05) is 0 Å². The molecule has 1 aromatic rings. The molecular weight excluding hydrogens is 242 g/mol. The molecule has 0 amide bonds. The Kier molecular flexibility index (Phi) is 6.75. The molecule has 1 nitrogen and oxygen atoms in total. The number of rotatable bonds is 8. The lowest BCUT2D eigenvalue weighted by atomic mass is 9.79. The second-order valence-corrected chi connectivity index (χ2v) is 7.50. The number of aryl methyl sites for hydroxylation is 1. The molecular formula is C19H33N. The van der Waals surface area contributed by atoms with E-state index in [-0.39, 0.29) is 5.54 Å². The lowest BCUT2D eigenvalue weighted by Crippen LogP contribution is -2.43. The van der Waals surface area contributed by atoms with Crippen LogP contribution in [0.1, 0.15) is 65.9 Å². The molecule has 0 radical (unpaired) electrons. The number of hydrogen-bond donors (Lipinski definition) is 1. The van der Waals surface area contributed by atoms with Crippen molar-refractivity contribution in [1.29, 1.82) is 0 Å². The second kappa shape index (κ2) is 7.83. The molecule has 0 saturated carbocycles. The molecule has 0 saturated heterocycles. The molecule has 20 heavy (non-hydrogen) atoms. The largest absolute Gasteiger partial charge is 0.312 e. The number of nitrogens with one attached hydrogen (secondary N) is 1. The van der Waals surface area contributed by atoms with Crippen LogP contribution in [0.2, 0.25) is 0 Å². The molecule has 0 fully saturated rings. The minimum absolute atomic E-state index is 0.217. The summed E-state index contributed by atoms with van der Waals surface area (Å²) in [5.41, 5.74) is 2.11. The number of hydrogen-bond acceptors (Lipinski definition) is 1. The maximum absolute atomic E-state index is 3.70. The normalized spacial score (nSPS) is 15.1. The Morgan fingerprint density at radius 2 is 1.60 bits per heavy atom. The predicted molar refractivity (Wildman–Crippen MR) is 90.2 cm³/mol. The van der Waals surface area contributed by atoms with Crippen molar-refractivity contribution in [2.24, 2.45) is 5.41 Å². The molecule has 1 rings (SSSR count). The Morgan fingerprint density at radius 1 is 0.950 bits per heavy atom. The molecule has 1 aromatic carbocycles. The maximum atomic E-state index is 3.70. The van der Waals surface area contributed by atoms with E-state index in [0.29, 0.717) is 5.41 Å². The van der Waals surface area contributed by atoms with E-state index in [2.05, 4.69) is 70.3 Å². The molecule has 0 aliphatic rings. The van der Waals surface area contributed by atoms with Crippen LogP contribution in [-0.4, -0.2) is 12.1 Å². The van der Waals surface area contributed by atoms with E-state index < -0.39 is 0 Å². The van der Waals surface area contributed by atoms with Crippen molar-refractivity contribution in [2.75, 3.05) is 6.54 Å². The average molecular weight is 275 g/mol. The Balaban J connectivity index is 2.45. The summed E-state index contributed by atoms with van der Waals surface area (Å²) in [7, 11) is 0. The highest BCUT2D eigenvalue weighted by molar-refractivity contribution is 5.14. The molecule has 1 unspecified atom stereocenters. The van der Waals surface area contributed by atoms with Gasteiger partial charge in [0.25, 0.3) is 0 Å². The van der Waals surface area contributed by atoms with Crippen molar-refractivity contribution in [3.63, 3.8) is 0 Å². The molecule has 0 aliphatic heterocycles. The quantitative estimate of drug-likeness (QED) is 0.687. The third kappa shape index (κ3) is 7.09. The Hall–Kier alpha value is -0.820. The Morgan fingerprint density at radius 3 is 2.15 bits per heavy atom. The van der Waals surface area contributed by atoms with Gasteiger partial charge in [-0.05, 0) is 57.4 Å². The van der Waals surface area contributed by atoms with Gasteiger partial charge in [-0.2, -0.15) is 0 Å². The SMILES string of the molecule is CCCC(C)(CCCc1ccccc1)CNC(C)(C)C. The van der Waals surface area contributed by atoms with Gasteiger partial charge in [-0.25, -0.2) is 0 Å². The zero-order valence-corrected chi connectivity index (χ0v) is 14.1. The lowest BCUT2D eigenvalue weighted by molar-refractivity contribution is 0.224. The van der Waals surface area contributed by atoms with E-state index >= 15 is 0 Å². The molecule has 1 heteroatoms. The van der Waals surface area contributed by atoms with Crippen LogP contribution in [-0.2, 0) is 6.42 Å². The minimum atomic E-state index is 0.217. The van der Waals surface area contributed by atoms with Gasteiger partial charge >= 0.3 is 0 Å². The highest BCUT2D eigenvalue weighted by Gasteiger charge is 2.24. The minimum Gasteiger partial charge on any atom is -0.312 e. The lowest BCUT2D eigenvalue weighted by Gasteiger charge is -2.34. The van der Waals surface area contributed by atoms with Crippen molar-refractivity contribution in [1.82, 2.24) is 5.32 Å². The van der Waals surface area contributed by atoms with Crippen LogP contribution in [0.5, 0.6) is 0 Å². The molecule has 0 spiro atoms. The van der Waals surface area contributed by atoms with Crippen molar-refractivity contribution in [2.45, 2.75) is 72.3 Å². The standard InChI is InChI=1S/C19H33N/c1-6-14-19(5,16-20-18(2,3)4)15-10-13-17-11-8-7-9-12-17/h7-9,11-12,20H,6,10,13-16H2,1-5H3. The summed E-state index contributed by atoms with van der Waals surface area (Å²) < 4.78 is 0. The Labute approximate surface area is 126 Å². The molecule has 0 heterocycles. The Bertz CT molecular complexity index is 363. The third-order valence-corrected chi connectivity index (χ3v) is 3.99. The smallest absolute Gasteiger partial charge is 0.00967 e. The molecule has 114 valence electrons. The van der Waals surface area contributed by atoms with Crippen molar-refractivity contribution in [3.8, 4) is 0 Å². The van der Waals surface area contributed by atoms with E-state index in [1.165, 1.54) is 37.7 Å². The van der Waals surface area contributed by atoms with Crippen LogP contribution in [0.25, 0.3) is 0 Å². The fourth-order valence-corrected chi connectivity index (χ4v) is 2.75. The van der Waals surface area contributed by atoms with Crippen LogP contribution < -0.4 is 5.32 Å². The third-order valence-electron chi connectivity index (χ3n) is 3.99. The van der Waals surface area contributed by atoms with Crippen LogP contribution in [0.3, 0.4) is 0 Å². The van der Waals surface area contributed by atoms with Gasteiger partial charge in [-0.1, -0.05) is 50.6 Å². The first kappa shape index (κ1) is 17.2. The molecule has 1 atom stereocenters. The van der Waals surface area contributed by atoms with Gasteiger partial charge in [0, 0.05) is 12.1 Å². The summed E-state index contributed by atoms with van der Waals surface area (Å²) in [5.74, 6) is 0. The van der Waals surface area contributed by atoms with Crippen LogP contribution in [0.15, 0.2) is 30.3 Å². The van der Waals surface area contributed by atoms with Gasteiger partial charge < -0.3 is 5.32 Å². The summed E-state index contributed by atoms with van der Waals surface area (Å²) >= 11 is 0. The first-order valence-electron chi connectivity index (χ1n) is 8.14. The average Bonchev–Trinajstić information content (AvgIpc) is 2.37. The van der Waals surface area contributed by atoms with Crippen LogP contribution >= 0.6 is 0 Å². The summed E-state index contributed by atoms with van der Waals surface area (Å²) in [4.78, 5) is 0. The van der Waals surface area contributed by atoms with E-state index in [9.17, 15) is 0 Å². The highest BCUT2D eigenvalue weighted by Crippen LogP contribution is 2.29. The van der Waals surface area contributed by atoms with Crippen LogP contribution in [0.4, 0.5) is 0 Å². The summed E-state index contributed by atoms with van der Waals surface area (Å²) in [5, 5.41) is 3.70. The van der Waals surface area contributed by atoms with Crippen molar-refractivity contribution in [3.05, 3.63) is 35.9 Å². The van der Waals surface area contributed by atoms with Gasteiger partial charge in [0.2, 0.25) is 0 Å². The van der Waals surface area contributed by atoms with Gasteiger partial charge in [-0.3, -0.25) is 0 Å². The summed E-state index contributed by atoms with van der Waals surface area (Å²) in [6.45, 7) is 12.6. The van der Waals surface area contributed by atoms with Gasteiger partial charge in [0.1, 0.15) is 0 Å². The summed E-state index contributed by atoms with van der Waals surface area (Å²) in [6, 6.07) is 10.9. The van der Waals surface area contributed by atoms with Gasteiger partial charge in [-0.15, -0.1) is 0 Å². The van der Waals surface area contributed by atoms with E-state index in [4.69, 9.17) is 0 Å². The fourth-order valence-electron chi connectivity index (χ4n) is 2.75. The molecule has 0 bridgehead atoms. The van der Waals surface area contributed by atoms with Gasteiger partial charge in [0.15, 0.2) is 0 Å². The predicted octanol–water partition coefficient (Wildman–Crippen LogP) is 5.20. The maximum Gasteiger partial charge on any atom is 0.00967 e. The highest BCUT2D eigenvalue weighted by atomic mass is 15.0. The first-order valence-corrected chi connectivity index (χ1v) is 8.14. The number of benzene rings is 1. The van der Waals surface area contributed by atoms with E-state index in [0.717, 1.165) is 6.54 Å². The van der Waals surface area contributed by atoms with Crippen molar-refractivity contribution < 1.29 is 0 Å². The zero-order chi connectivity index (χ0) is 15.1. The second-order valence-electron chi connectivity index (χ2n) is 7.50. The van der Waals surface area contributed by atoms with Crippen LogP contribution in [0, 0.1) is 5.41 Å². The van der Waals surface area contributed by atoms with Crippen molar-refractivity contribution >= 4 is 0 Å². The monoisotopic (exact) mass is 275 g/mol. The fraction of sp³-hybridized carbons (Fsp3) is 0.684. The first-order chi connectivity index (χ1) is 9.35. The van der Waals surface area contributed by atoms with Gasteiger partial charge in [0.05, 0.1) is 0 Å².